The van der Waals surface area contributed by atoms with Crippen LogP contribution in [0.3, 0.4) is 0 Å². The molecule has 220 valence electrons. The Labute approximate surface area is 243 Å². The van der Waals surface area contributed by atoms with Crippen LogP contribution in [0.5, 0.6) is 11.5 Å². The molecule has 7 N–H and O–H groups in total. The second-order valence-electron chi connectivity index (χ2n) is 10.3. The van der Waals surface area contributed by atoms with Gasteiger partial charge in [-0.2, -0.15) is 0 Å². The third kappa shape index (κ3) is 8.55. The van der Waals surface area contributed by atoms with Crippen LogP contribution in [0.15, 0.2) is 72.8 Å². The number of phenolic OH excluding ortho intramolecular Hbond substituents is 2. The van der Waals surface area contributed by atoms with Crippen molar-refractivity contribution < 1.29 is 34.1 Å². The van der Waals surface area contributed by atoms with Gasteiger partial charge in [-0.1, -0.05) is 54.1 Å². The number of carbonyl (C=O) groups is 4. The zero-order chi connectivity index (χ0) is 30.2. The van der Waals surface area contributed by atoms with E-state index >= 15 is 0 Å². The van der Waals surface area contributed by atoms with Gasteiger partial charge in [0.05, 0.1) is 0 Å². The molecule has 0 aromatic heterocycles. The van der Waals surface area contributed by atoms with E-state index < -0.39 is 47.9 Å². The second kappa shape index (κ2) is 13.6. The van der Waals surface area contributed by atoms with Crippen LogP contribution in [0.4, 0.5) is 0 Å². The van der Waals surface area contributed by atoms with Crippen LogP contribution in [0.25, 0.3) is 0 Å². The van der Waals surface area contributed by atoms with Crippen LogP contribution < -0.4 is 21.7 Å². The van der Waals surface area contributed by atoms with Crippen molar-refractivity contribution in [1.29, 1.82) is 0 Å². The Morgan fingerprint density at radius 1 is 0.738 bits per heavy atom. The highest BCUT2D eigenvalue weighted by Crippen LogP contribution is 2.23. The fraction of sp³-hybridized carbons (Fsp3) is 0.290. The minimum atomic E-state index is -1.08. The molecule has 1 saturated heterocycles. The van der Waals surface area contributed by atoms with Gasteiger partial charge in [-0.3, -0.25) is 19.2 Å². The number of aromatic hydroxyl groups is 2. The third-order valence-corrected chi connectivity index (χ3v) is 6.89. The summed E-state index contributed by atoms with van der Waals surface area (Å²) in [5, 5.41) is 26.9. The number of epoxide rings is 1. The number of aryl methyl sites for hydroxylation is 1. The van der Waals surface area contributed by atoms with Crippen molar-refractivity contribution in [2.45, 2.75) is 50.5 Å². The van der Waals surface area contributed by atoms with Gasteiger partial charge in [-0.05, 0) is 54.3 Å². The Bertz CT molecular complexity index is 1410. The average Bonchev–Trinajstić information content (AvgIpc) is 3.77. The Balaban J connectivity index is 1.37. The smallest absolute Gasteiger partial charge is 0.253 e. The van der Waals surface area contributed by atoms with E-state index in [2.05, 4.69) is 16.0 Å². The number of carbonyl (C=O) groups excluding carboxylic acids is 4. The Morgan fingerprint density at radius 2 is 1.24 bits per heavy atom. The number of phenols is 2. The topological polar surface area (TPSA) is 183 Å². The van der Waals surface area contributed by atoms with Gasteiger partial charge in [-0.25, -0.2) is 0 Å². The maximum absolute atomic E-state index is 13.4. The molecule has 0 saturated carbocycles. The SMILES string of the molecule is Cc1ccc(C[C@H](NC(=O)[C@H]2O[C@@H]2C(=O)NCCc2ccc(O)cc2)C(=O)N[C@@H](Cc2ccc(O)cc2)C(N)=O)cc1. The van der Waals surface area contributed by atoms with Crippen LogP contribution in [-0.2, 0) is 43.2 Å². The normalized spacial score (nSPS) is 17.0. The lowest BCUT2D eigenvalue weighted by Gasteiger charge is -2.22. The first-order valence-corrected chi connectivity index (χ1v) is 13.5. The summed E-state index contributed by atoms with van der Waals surface area (Å²) < 4.78 is 5.33. The van der Waals surface area contributed by atoms with Crippen LogP contribution in [0.2, 0.25) is 0 Å². The molecule has 0 aliphatic carbocycles. The zero-order valence-corrected chi connectivity index (χ0v) is 23.1. The predicted octanol–water partition coefficient (Wildman–Crippen LogP) is 0.773. The fourth-order valence-corrected chi connectivity index (χ4v) is 4.39. The molecule has 11 heteroatoms. The Kier molecular flexibility index (Phi) is 9.77. The first-order chi connectivity index (χ1) is 20.1. The van der Waals surface area contributed by atoms with Crippen molar-refractivity contribution in [3.05, 3.63) is 95.1 Å². The van der Waals surface area contributed by atoms with Gasteiger partial charge in [0, 0.05) is 19.4 Å². The van der Waals surface area contributed by atoms with E-state index in [0.717, 1.165) is 16.7 Å². The number of nitrogens with one attached hydrogen (secondary N) is 3. The number of hydrogen-bond acceptors (Lipinski definition) is 7. The van der Waals surface area contributed by atoms with Crippen molar-refractivity contribution in [2.24, 2.45) is 5.73 Å². The molecule has 1 heterocycles. The third-order valence-electron chi connectivity index (χ3n) is 6.89. The summed E-state index contributed by atoms with van der Waals surface area (Å²) in [7, 11) is 0. The number of primary amides is 1. The van der Waals surface area contributed by atoms with Crippen LogP contribution in [-0.4, -0.2) is 64.7 Å². The van der Waals surface area contributed by atoms with Crippen molar-refractivity contribution in [1.82, 2.24) is 16.0 Å². The van der Waals surface area contributed by atoms with Gasteiger partial charge in [0.1, 0.15) is 23.6 Å². The molecule has 1 aliphatic rings. The lowest BCUT2D eigenvalue weighted by atomic mass is 10.0. The quantitative estimate of drug-likeness (QED) is 0.163. The van der Waals surface area contributed by atoms with Gasteiger partial charge in [0.2, 0.25) is 11.8 Å². The molecule has 11 nitrogen and oxygen atoms in total. The molecule has 42 heavy (non-hydrogen) atoms. The number of hydrogen-bond donors (Lipinski definition) is 6. The largest absolute Gasteiger partial charge is 0.508 e. The Morgan fingerprint density at radius 3 is 1.81 bits per heavy atom. The monoisotopic (exact) mass is 574 g/mol. The summed E-state index contributed by atoms with van der Waals surface area (Å²) in [5.41, 5.74) is 8.95. The van der Waals surface area contributed by atoms with E-state index in [-0.39, 0.29) is 24.3 Å². The minimum absolute atomic E-state index is 0.0610. The van der Waals surface area contributed by atoms with Gasteiger partial charge < -0.3 is 36.6 Å². The minimum Gasteiger partial charge on any atom is -0.508 e. The van der Waals surface area contributed by atoms with E-state index in [9.17, 15) is 29.4 Å². The molecular weight excluding hydrogens is 540 g/mol. The summed E-state index contributed by atoms with van der Waals surface area (Å²) in [4.78, 5) is 51.1. The molecule has 3 aromatic carbocycles. The lowest BCUT2D eigenvalue weighted by molar-refractivity contribution is -0.131. The number of nitrogens with two attached hydrogens (primary N) is 1. The molecule has 0 radical (unpaired) electrons. The summed E-state index contributed by atoms with van der Waals surface area (Å²) in [6.45, 7) is 2.24. The van der Waals surface area contributed by atoms with E-state index in [1.807, 2.05) is 31.2 Å². The zero-order valence-electron chi connectivity index (χ0n) is 23.1. The van der Waals surface area contributed by atoms with Gasteiger partial charge in [0.25, 0.3) is 11.8 Å². The maximum Gasteiger partial charge on any atom is 0.253 e. The molecule has 4 atom stereocenters. The highest BCUT2D eigenvalue weighted by molar-refractivity contribution is 5.97. The van der Waals surface area contributed by atoms with E-state index in [1.165, 1.54) is 12.1 Å². The van der Waals surface area contributed by atoms with Gasteiger partial charge in [0.15, 0.2) is 12.2 Å². The highest BCUT2D eigenvalue weighted by atomic mass is 16.6. The maximum atomic E-state index is 13.4. The number of amides is 4. The van der Waals surface area contributed by atoms with Crippen molar-refractivity contribution in [2.75, 3.05) is 6.54 Å². The molecule has 0 bridgehead atoms. The standard InChI is InChI=1S/C31H34N4O7/c1-18-2-4-20(5-3-18)17-25(29(39)34-24(28(32)38)16-21-8-12-23(37)13-9-21)35-31(41)27-26(42-27)30(40)33-15-14-19-6-10-22(36)11-7-19/h2-13,24-27,36-37H,14-17H2,1H3,(H2,32,38)(H,33,40)(H,34,39)(H,35,41)/t24-,25-,26-,27-/m0/s1. The summed E-state index contributed by atoms with van der Waals surface area (Å²) in [6, 6.07) is 18.1. The van der Waals surface area contributed by atoms with Crippen molar-refractivity contribution >= 4 is 23.6 Å². The fourth-order valence-electron chi connectivity index (χ4n) is 4.39. The lowest BCUT2D eigenvalue weighted by Crippen LogP contribution is -2.55. The first-order valence-electron chi connectivity index (χ1n) is 13.5. The molecule has 3 aromatic rings. The number of ether oxygens (including phenoxy) is 1. The summed E-state index contributed by atoms with van der Waals surface area (Å²) in [5.74, 6) is -2.24. The Hall–Kier alpha value is -4.90. The summed E-state index contributed by atoms with van der Waals surface area (Å²) in [6.07, 6.45) is -1.31. The first kappa shape index (κ1) is 30.1. The molecule has 1 aliphatic heterocycles. The van der Waals surface area contributed by atoms with E-state index in [0.29, 0.717) is 18.5 Å². The molecule has 0 unspecified atom stereocenters. The van der Waals surface area contributed by atoms with Crippen molar-refractivity contribution in [3.8, 4) is 11.5 Å². The van der Waals surface area contributed by atoms with Gasteiger partial charge >= 0.3 is 0 Å². The van der Waals surface area contributed by atoms with Crippen molar-refractivity contribution in [3.63, 3.8) is 0 Å². The van der Waals surface area contributed by atoms with Gasteiger partial charge in [-0.15, -0.1) is 0 Å². The predicted molar refractivity (Wildman–Crippen MR) is 153 cm³/mol. The second-order valence-corrected chi connectivity index (χ2v) is 10.3. The number of benzene rings is 3. The highest BCUT2D eigenvalue weighted by Gasteiger charge is 2.50. The van der Waals surface area contributed by atoms with Crippen LogP contribution in [0.1, 0.15) is 22.3 Å². The molecule has 0 spiro atoms. The van der Waals surface area contributed by atoms with E-state index in [4.69, 9.17) is 10.5 Å². The van der Waals surface area contributed by atoms with Crippen LogP contribution in [0, 0.1) is 6.92 Å². The summed E-state index contributed by atoms with van der Waals surface area (Å²) >= 11 is 0. The van der Waals surface area contributed by atoms with E-state index in [1.54, 1.807) is 36.4 Å². The molecule has 4 amide bonds. The molecule has 4 rings (SSSR count). The average molecular weight is 575 g/mol. The molecular formula is C31H34N4O7. The number of rotatable bonds is 13. The molecule has 1 fully saturated rings. The van der Waals surface area contributed by atoms with Crippen LogP contribution >= 0.6 is 0 Å².